The fourth-order valence-electron chi connectivity index (χ4n) is 3.23. The normalized spacial score (nSPS) is 38.2. The molecule has 1 heterocycles. The largest absolute Gasteiger partial charge is 0.366 e. The molecule has 2 aliphatic rings. The van der Waals surface area contributed by atoms with E-state index in [0.29, 0.717) is 5.41 Å². The lowest BCUT2D eigenvalue weighted by molar-refractivity contribution is -0.168. The maximum atomic E-state index is 6.41. The van der Waals surface area contributed by atoms with Crippen molar-refractivity contribution in [3.8, 4) is 0 Å². The Labute approximate surface area is 100 Å². The Morgan fingerprint density at radius 2 is 1.62 bits per heavy atom. The van der Waals surface area contributed by atoms with Crippen LogP contribution >= 0.6 is 0 Å². The van der Waals surface area contributed by atoms with Gasteiger partial charge in [-0.05, 0) is 44.9 Å². The lowest BCUT2D eigenvalue weighted by atomic mass is 9.83. The van der Waals surface area contributed by atoms with Gasteiger partial charge in [0.1, 0.15) is 0 Å². The van der Waals surface area contributed by atoms with E-state index in [2.05, 4.69) is 33.0 Å². The van der Waals surface area contributed by atoms with Gasteiger partial charge in [-0.1, -0.05) is 20.3 Å². The second-order valence-electron chi connectivity index (χ2n) is 7.17. The Kier molecular flexibility index (Phi) is 3.09. The van der Waals surface area contributed by atoms with E-state index in [1.165, 1.54) is 32.1 Å². The SMILES string of the molecule is CC1(C)CCCC2(CC1)CNCC(C)(C)O2. The van der Waals surface area contributed by atoms with Crippen LogP contribution in [0.2, 0.25) is 0 Å². The molecule has 1 unspecified atom stereocenters. The zero-order valence-electron chi connectivity index (χ0n) is 11.4. The van der Waals surface area contributed by atoms with Gasteiger partial charge in [-0.3, -0.25) is 0 Å². The third kappa shape index (κ3) is 2.78. The molecule has 94 valence electrons. The minimum atomic E-state index is 0.00668. The smallest absolute Gasteiger partial charge is 0.0814 e. The molecule has 1 aliphatic heterocycles. The molecule has 2 fully saturated rings. The van der Waals surface area contributed by atoms with Crippen molar-refractivity contribution in [1.29, 1.82) is 0 Å². The van der Waals surface area contributed by atoms with Crippen molar-refractivity contribution in [2.24, 2.45) is 5.41 Å². The van der Waals surface area contributed by atoms with Crippen LogP contribution in [0.4, 0.5) is 0 Å². The molecule has 2 nitrogen and oxygen atoms in total. The fourth-order valence-corrected chi connectivity index (χ4v) is 3.23. The summed E-state index contributed by atoms with van der Waals surface area (Å²) in [5.41, 5.74) is 0.636. The van der Waals surface area contributed by atoms with Crippen molar-refractivity contribution in [3.05, 3.63) is 0 Å². The monoisotopic (exact) mass is 225 g/mol. The Morgan fingerprint density at radius 3 is 2.31 bits per heavy atom. The van der Waals surface area contributed by atoms with Crippen LogP contribution in [0, 0.1) is 5.41 Å². The number of hydrogen-bond acceptors (Lipinski definition) is 2. The van der Waals surface area contributed by atoms with Crippen LogP contribution in [0.15, 0.2) is 0 Å². The molecule has 1 aliphatic carbocycles. The lowest BCUT2D eigenvalue weighted by Gasteiger charge is -2.46. The van der Waals surface area contributed by atoms with E-state index in [9.17, 15) is 0 Å². The first-order valence-corrected chi connectivity index (χ1v) is 6.74. The van der Waals surface area contributed by atoms with Gasteiger partial charge in [0, 0.05) is 13.1 Å². The first kappa shape index (κ1) is 12.4. The second-order valence-corrected chi connectivity index (χ2v) is 7.17. The molecular weight excluding hydrogens is 198 g/mol. The molecule has 0 radical (unpaired) electrons. The van der Waals surface area contributed by atoms with Gasteiger partial charge in [0.25, 0.3) is 0 Å². The van der Waals surface area contributed by atoms with Crippen molar-refractivity contribution < 1.29 is 4.74 Å². The minimum absolute atomic E-state index is 0.00668. The maximum absolute atomic E-state index is 6.41. The molecule has 0 amide bonds. The van der Waals surface area contributed by atoms with Gasteiger partial charge in [-0.15, -0.1) is 0 Å². The summed E-state index contributed by atoms with van der Waals surface area (Å²) < 4.78 is 6.41. The van der Waals surface area contributed by atoms with Gasteiger partial charge in [0.2, 0.25) is 0 Å². The van der Waals surface area contributed by atoms with Crippen molar-refractivity contribution in [1.82, 2.24) is 5.32 Å². The zero-order valence-corrected chi connectivity index (χ0v) is 11.4. The number of hydrogen-bond donors (Lipinski definition) is 1. The van der Waals surface area contributed by atoms with E-state index in [4.69, 9.17) is 4.74 Å². The van der Waals surface area contributed by atoms with Crippen LogP contribution in [0.3, 0.4) is 0 Å². The Hall–Kier alpha value is -0.0800. The molecule has 1 spiro atoms. The van der Waals surface area contributed by atoms with Gasteiger partial charge in [-0.25, -0.2) is 0 Å². The standard InChI is InChI=1S/C14H27NO/c1-12(2)6-5-7-14(9-8-12)11-15-10-13(3,4)16-14/h15H,5-11H2,1-4H3. The zero-order chi connectivity index (χ0) is 11.9. The number of ether oxygens (including phenoxy) is 1. The predicted octanol–water partition coefficient (Wildman–Crippen LogP) is 3.11. The lowest BCUT2D eigenvalue weighted by Crippen LogP contribution is -2.57. The van der Waals surface area contributed by atoms with Gasteiger partial charge >= 0.3 is 0 Å². The average Bonchev–Trinajstić information content (AvgIpc) is 2.25. The van der Waals surface area contributed by atoms with Crippen LogP contribution < -0.4 is 5.32 Å². The summed E-state index contributed by atoms with van der Waals surface area (Å²) in [6.07, 6.45) is 6.40. The number of morpholine rings is 1. The van der Waals surface area contributed by atoms with Crippen LogP contribution in [0.25, 0.3) is 0 Å². The number of rotatable bonds is 0. The molecular formula is C14H27NO. The van der Waals surface area contributed by atoms with Crippen molar-refractivity contribution >= 4 is 0 Å². The summed E-state index contributed by atoms with van der Waals surface area (Å²) in [5.74, 6) is 0. The van der Waals surface area contributed by atoms with Crippen LogP contribution in [0.5, 0.6) is 0 Å². The summed E-state index contributed by atoms with van der Waals surface area (Å²) in [7, 11) is 0. The Morgan fingerprint density at radius 1 is 0.875 bits per heavy atom. The molecule has 1 N–H and O–H groups in total. The first-order valence-electron chi connectivity index (χ1n) is 6.74. The highest BCUT2D eigenvalue weighted by molar-refractivity contribution is 4.95. The van der Waals surface area contributed by atoms with Gasteiger partial charge < -0.3 is 10.1 Å². The molecule has 0 aromatic carbocycles. The molecule has 0 aromatic rings. The summed E-state index contributed by atoms with van der Waals surface area (Å²) in [6.45, 7) is 11.2. The molecule has 1 saturated heterocycles. The molecule has 2 rings (SSSR count). The highest BCUT2D eigenvalue weighted by atomic mass is 16.5. The number of nitrogens with one attached hydrogen (secondary N) is 1. The van der Waals surface area contributed by atoms with Crippen LogP contribution in [-0.4, -0.2) is 24.3 Å². The van der Waals surface area contributed by atoms with E-state index in [1.54, 1.807) is 0 Å². The topological polar surface area (TPSA) is 21.3 Å². The van der Waals surface area contributed by atoms with E-state index >= 15 is 0 Å². The second kappa shape index (κ2) is 3.99. The minimum Gasteiger partial charge on any atom is -0.366 e. The van der Waals surface area contributed by atoms with Crippen molar-refractivity contribution in [2.75, 3.05) is 13.1 Å². The summed E-state index contributed by atoms with van der Waals surface area (Å²) in [6, 6.07) is 0. The first-order chi connectivity index (χ1) is 7.33. The van der Waals surface area contributed by atoms with Crippen LogP contribution in [0.1, 0.15) is 59.8 Å². The third-order valence-electron chi connectivity index (χ3n) is 4.23. The fraction of sp³-hybridized carbons (Fsp3) is 1.00. The van der Waals surface area contributed by atoms with Gasteiger partial charge in [0.15, 0.2) is 0 Å². The third-order valence-corrected chi connectivity index (χ3v) is 4.23. The van der Waals surface area contributed by atoms with Crippen molar-refractivity contribution in [3.63, 3.8) is 0 Å². The summed E-state index contributed by atoms with van der Waals surface area (Å²) >= 11 is 0. The van der Waals surface area contributed by atoms with Gasteiger partial charge in [-0.2, -0.15) is 0 Å². The molecule has 1 saturated carbocycles. The molecule has 0 aromatic heterocycles. The summed E-state index contributed by atoms with van der Waals surface area (Å²) in [4.78, 5) is 0. The highest BCUT2D eigenvalue weighted by Gasteiger charge is 2.42. The molecule has 2 heteroatoms. The van der Waals surface area contributed by atoms with E-state index in [-0.39, 0.29) is 11.2 Å². The average molecular weight is 225 g/mol. The quantitative estimate of drug-likeness (QED) is 0.684. The summed E-state index contributed by atoms with van der Waals surface area (Å²) in [5, 5.41) is 3.57. The van der Waals surface area contributed by atoms with E-state index in [1.807, 2.05) is 0 Å². The van der Waals surface area contributed by atoms with E-state index < -0.39 is 0 Å². The Balaban J connectivity index is 2.07. The predicted molar refractivity (Wildman–Crippen MR) is 67.6 cm³/mol. The molecule has 0 bridgehead atoms. The van der Waals surface area contributed by atoms with E-state index in [0.717, 1.165) is 13.1 Å². The van der Waals surface area contributed by atoms with Crippen LogP contribution in [-0.2, 0) is 4.74 Å². The molecule has 16 heavy (non-hydrogen) atoms. The maximum Gasteiger partial charge on any atom is 0.0814 e. The van der Waals surface area contributed by atoms with Crippen molar-refractivity contribution in [2.45, 2.75) is 71.0 Å². The molecule has 1 atom stereocenters. The Bertz CT molecular complexity index is 259. The van der Waals surface area contributed by atoms with Gasteiger partial charge in [0.05, 0.1) is 11.2 Å². The highest BCUT2D eigenvalue weighted by Crippen LogP contribution is 2.42.